The molecule has 0 bridgehead atoms. The molecule has 1 aromatic rings. The molecule has 7 nitrogen and oxygen atoms in total. The van der Waals surface area contributed by atoms with E-state index in [4.69, 9.17) is 16.3 Å². The fourth-order valence-corrected chi connectivity index (χ4v) is 5.93. The van der Waals surface area contributed by atoms with Gasteiger partial charge < -0.3 is 15.0 Å². The summed E-state index contributed by atoms with van der Waals surface area (Å²) in [6.07, 6.45) is 1.61. The number of nitrogens with one attached hydrogen (secondary N) is 1. The van der Waals surface area contributed by atoms with Crippen LogP contribution in [0.25, 0.3) is 0 Å². The molecule has 1 aliphatic heterocycles. The first-order chi connectivity index (χ1) is 13.2. The summed E-state index contributed by atoms with van der Waals surface area (Å²) in [5, 5.41) is 2.67. The molecule has 2 rings (SSSR count). The zero-order valence-corrected chi connectivity index (χ0v) is 19.1. The maximum absolute atomic E-state index is 13.0. The molecule has 1 aliphatic rings. The van der Waals surface area contributed by atoms with Gasteiger partial charge in [0.05, 0.1) is 21.6 Å². The SMILES string of the molecule is COCCN(C1CCN(C(C)C)CC1)S(=O)(=O)CCNC(=O)c1ccc(Cl)s1. The molecule has 1 saturated heterocycles. The van der Waals surface area contributed by atoms with Crippen molar-refractivity contribution in [2.24, 2.45) is 0 Å². The number of piperidine rings is 1. The largest absolute Gasteiger partial charge is 0.383 e. The number of carbonyl (C=O) groups excluding carboxylic acids is 1. The van der Waals surface area contributed by atoms with E-state index in [0.29, 0.717) is 28.4 Å². The number of thiophene rings is 1. The van der Waals surface area contributed by atoms with Gasteiger partial charge >= 0.3 is 0 Å². The van der Waals surface area contributed by atoms with Crippen molar-refractivity contribution in [1.82, 2.24) is 14.5 Å². The number of likely N-dealkylation sites (tertiary alicyclic amines) is 1. The zero-order chi connectivity index (χ0) is 20.7. The van der Waals surface area contributed by atoms with Gasteiger partial charge in [-0.05, 0) is 51.9 Å². The second-order valence-electron chi connectivity index (χ2n) is 7.14. The van der Waals surface area contributed by atoms with E-state index in [1.807, 2.05) is 0 Å². The van der Waals surface area contributed by atoms with Gasteiger partial charge in [-0.3, -0.25) is 4.79 Å². The highest BCUT2D eigenvalue weighted by molar-refractivity contribution is 7.89. The molecule has 0 unspecified atom stereocenters. The molecule has 0 aliphatic carbocycles. The van der Waals surface area contributed by atoms with E-state index in [-0.39, 0.29) is 24.2 Å². The number of nitrogens with zero attached hydrogens (tertiary/aromatic N) is 2. The van der Waals surface area contributed by atoms with Crippen LogP contribution in [0.2, 0.25) is 4.34 Å². The third-order valence-electron chi connectivity index (χ3n) is 4.95. The summed E-state index contributed by atoms with van der Waals surface area (Å²) in [7, 11) is -1.94. The highest BCUT2D eigenvalue weighted by atomic mass is 35.5. The van der Waals surface area contributed by atoms with E-state index in [9.17, 15) is 13.2 Å². The molecule has 1 aromatic heterocycles. The molecule has 2 heterocycles. The smallest absolute Gasteiger partial charge is 0.261 e. The van der Waals surface area contributed by atoms with Crippen molar-refractivity contribution in [3.63, 3.8) is 0 Å². The molecule has 10 heteroatoms. The third kappa shape index (κ3) is 6.67. The molecule has 0 atom stereocenters. The Balaban J connectivity index is 1.94. The van der Waals surface area contributed by atoms with Gasteiger partial charge in [-0.1, -0.05) is 11.6 Å². The quantitative estimate of drug-likeness (QED) is 0.590. The van der Waals surface area contributed by atoms with E-state index in [0.717, 1.165) is 25.9 Å². The second kappa shape index (κ2) is 10.9. The van der Waals surface area contributed by atoms with Crippen LogP contribution in [-0.2, 0) is 14.8 Å². The molecule has 1 fully saturated rings. The first kappa shape index (κ1) is 23.6. The molecule has 28 heavy (non-hydrogen) atoms. The number of halogens is 1. The second-order valence-corrected chi connectivity index (χ2v) is 10.9. The van der Waals surface area contributed by atoms with E-state index >= 15 is 0 Å². The first-order valence-corrected chi connectivity index (χ1v) is 12.3. The van der Waals surface area contributed by atoms with E-state index in [2.05, 4.69) is 24.1 Å². The lowest BCUT2D eigenvalue weighted by atomic mass is 10.0. The summed E-state index contributed by atoms with van der Waals surface area (Å²) < 4.78 is 33.1. The van der Waals surface area contributed by atoms with Crippen molar-refractivity contribution in [2.75, 3.05) is 45.6 Å². The third-order valence-corrected chi connectivity index (χ3v) is 8.10. The van der Waals surface area contributed by atoms with Gasteiger partial charge in [-0.25, -0.2) is 8.42 Å². The van der Waals surface area contributed by atoms with Crippen molar-refractivity contribution in [3.05, 3.63) is 21.3 Å². The van der Waals surface area contributed by atoms with E-state index < -0.39 is 10.0 Å². The fourth-order valence-electron chi connectivity index (χ4n) is 3.35. The highest BCUT2D eigenvalue weighted by Crippen LogP contribution is 2.22. The van der Waals surface area contributed by atoms with Gasteiger partial charge in [0, 0.05) is 32.3 Å². The summed E-state index contributed by atoms with van der Waals surface area (Å²) in [6, 6.07) is 3.71. The van der Waals surface area contributed by atoms with Crippen molar-refractivity contribution in [3.8, 4) is 0 Å². The van der Waals surface area contributed by atoms with Gasteiger partial charge in [0.25, 0.3) is 5.91 Å². The predicted octanol–water partition coefficient (Wildman–Crippen LogP) is 2.28. The van der Waals surface area contributed by atoms with E-state index in [1.165, 1.54) is 11.3 Å². The fraction of sp³-hybridized carbons (Fsp3) is 0.722. The van der Waals surface area contributed by atoms with Crippen LogP contribution in [0.15, 0.2) is 12.1 Å². The Morgan fingerprint density at radius 3 is 2.61 bits per heavy atom. The average Bonchev–Trinajstić information content (AvgIpc) is 3.08. The Bertz CT molecular complexity index is 731. The van der Waals surface area contributed by atoms with Crippen LogP contribution >= 0.6 is 22.9 Å². The minimum atomic E-state index is -3.51. The number of ether oxygens (including phenoxy) is 1. The Kier molecular flexibility index (Phi) is 9.17. The predicted molar refractivity (Wildman–Crippen MR) is 114 cm³/mol. The number of sulfonamides is 1. The van der Waals surface area contributed by atoms with Gasteiger partial charge in [-0.2, -0.15) is 4.31 Å². The number of hydrogen-bond donors (Lipinski definition) is 1. The topological polar surface area (TPSA) is 79.0 Å². The minimum Gasteiger partial charge on any atom is -0.383 e. The van der Waals surface area contributed by atoms with Gasteiger partial charge in [-0.15, -0.1) is 11.3 Å². The lowest BCUT2D eigenvalue weighted by Crippen LogP contribution is -2.51. The van der Waals surface area contributed by atoms with Gasteiger partial charge in [0.1, 0.15) is 0 Å². The molecule has 160 valence electrons. The minimum absolute atomic E-state index is 0.0260. The Morgan fingerprint density at radius 1 is 1.39 bits per heavy atom. The number of amides is 1. The highest BCUT2D eigenvalue weighted by Gasteiger charge is 2.32. The van der Waals surface area contributed by atoms with Crippen molar-refractivity contribution in [2.45, 2.75) is 38.8 Å². The van der Waals surface area contributed by atoms with E-state index in [1.54, 1.807) is 23.5 Å². The molecule has 0 radical (unpaired) electrons. The first-order valence-electron chi connectivity index (χ1n) is 9.50. The van der Waals surface area contributed by atoms with Crippen LogP contribution in [0.4, 0.5) is 0 Å². The Hall–Kier alpha value is -0.710. The zero-order valence-electron chi connectivity index (χ0n) is 16.7. The molecular weight excluding hydrogens is 422 g/mol. The molecular formula is C18H30ClN3O4S2. The van der Waals surface area contributed by atoms with Crippen LogP contribution in [0.5, 0.6) is 0 Å². The molecule has 0 saturated carbocycles. The number of rotatable bonds is 10. The van der Waals surface area contributed by atoms with Gasteiger partial charge in [0.2, 0.25) is 10.0 Å². The lowest BCUT2D eigenvalue weighted by Gasteiger charge is -2.39. The summed E-state index contributed by atoms with van der Waals surface area (Å²) >= 11 is 7.01. The standard InChI is InChI=1S/C18H30ClN3O4S2/c1-14(2)21-9-6-15(7-10-21)22(11-12-26-3)28(24,25)13-8-20-18(23)16-4-5-17(19)27-16/h4-5,14-15H,6-13H2,1-3H3,(H,20,23). The molecule has 1 N–H and O–H groups in total. The number of carbonyl (C=O) groups is 1. The maximum atomic E-state index is 13.0. The molecule has 1 amide bonds. The van der Waals surface area contributed by atoms with Crippen molar-refractivity contribution < 1.29 is 17.9 Å². The Morgan fingerprint density at radius 2 is 2.07 bits per heavy atom. The summed E-state index contributed by atoms with van der Waals surface area (Å²) in [5.41, 5.74) is 0. The Labute approximate surface area is 177 Å². The molecule has 0 aromatic carbocycles. The van der Waals surface area contributed by atoms with Crippen LogP contribution in [0.3, 0.4) is 0 Å². The maximum Gasteiger partial charge on any atom is 0.261 e. The summed E-state index contributed by atoms with van der Waals surface area (Å²) in [5.74, 6) is -0.438. The monoisotopic (exact) mass is 451 g/mol. The van der Waals surface area contributed by atoms with Crippen LogP contribution in [0, 0.1) is 0 Å². The van der Waals surface area contributed by atoms with Crippen LogP contribution in [0.1, 0.15) is 36.4 Å². The average molecular weight is 452 g/mol. The number of methoxy groups -OCH3 is 1. The molecule has 0 spiro atoms. The van der Waals surface area contributed by atoms with Gasteiger partial charge in [0.15, 0.2) is 0 Å². The van der Waals surface area contributed by atoms with Crippen LogP contribution in [-0.4, -0.2) is 81.3 Å². The van der Waals surface area contributed by atoms with Crippen molar-refractivity contribution in [1.29, 1.82) is 0 Å². The van der Waals surface area contributed by atoms with Crippen LogP contribution < -0.4 is 5.32 Å². The normalized spacial score (nSPS) is 16.8. The summed E-state index contributed by atoms with van der Waals surface area (Å²) in [6.45, 7) is 6.83. The number of hydrogen-bond acceptors (Lipinski definition) is 6. The summed E-state index contributed by atoms with van der Waals surface area (Å²) in [4.78, 5) is 14.9. The van der Waals surface area contributed by atoms with Crippen molar-refractivity contribution >= 4 is 38.9 Å². The lowest BCUT2D eigenvalue weighted by molar-refractivity contribution is 0.0959.